The van der Waals surface area contributed by atoms with Gasteiger partial charge in [0, 0.05) is 33.4 Å². The second-order valence-electron chi connectivity index (χ2n) is 12.7. The van der Waals surface area contributed by atoms with Gasteiger partial charge in [0.1, 0.15) is 11.2 Å². The highest BCUT2D eigenvalue weighted by Gasteiger charge is 2.16. The molecule has 9 aromatic carbocycles. The molecule has 0 unspecified atom stereocenters. The fourth-order valence-electron chi connectivity index (χ4n) is 7.04. The highest BCUT2D eigenvalue weighted by Crippen LogP contribution is 2.40. The minimum atomic E-state index is -0.398. The summed E-state index contributed by atoms with van der Waals surface area (Å²) in [6, 6.07) is 44.4. The summed E-state index contributed by atoms with van der Waals surface area (Å²) in [4.78, 5) is 1.34. The zero-order valence-electron chi connectivity index (χ0n) is 35.8. The van der Waals surface area contributed by atoms with Gasteiger partial charge >= 0.3 is 0 Å². The molecule has 0 aliphatic heterocycles. The maximum absolute atomic E-state index is 9.52. The first kappa shape index (κ1) is 22.7. The Morgan fingerprint density at radius 2 is 0.942 bits per heavy atom. The molecule has 0 saturated heterocycles. The van der Waals surface area contributed by atoms with Crippen molar-refractivity contribution in [3.8, 4) is 33.4 Å². The van der Waals surface area contributed by atoms with Gasteiger partial charge in [0.25, 0.3) is 0 Å². The third-order valence-electron chi connectivity index (χ3n) is 9.61. The molecule has 10 rings (SSSR count). The molecule has 0 fully saturated rings. The van der Waals surface area contributed by atoms with Crippen LogP contribution in [0.15, 0.2) is 204 Å². The van der Waals surface area contributed by atoms with Crippen molar-refractivity contribution >= 4 is 60.5 Å². The van der Waals surface area contributed by atoms with E-state index in [0.717, 1.165) is 49.0 Å². The molecule has 0 spiro atoms. The second-order valence-corrected chi connectivity index (χ2v) is 12.7. The molecule has 0 N–H and O–H groups in total. The van der Waals surface area contributed by atoms with Crippen LogP contribution in [-0.2, 0) is 0 Å². The Hall–Kier alpha value is -6.90. The van der Waals surface area contributed by atoms with E-state index < -0.39 is 24.2 Å². The van der Waals surface area contributed by atoms with Crippen LogP contribution in [0.4, 0.5) is 17.1 Å². The maximum Gasteiger partial charge on any atom is 0.143 e. The Bertz CT molecular complexity index is 3310. The molecule has 0 atom stereocenters. The van der Waals surface area contributed by atoms with Crippen LogP contribution < -0.4 is 4.90 Å². The topological polar surface area (TPSA) is 16.4 Å². The first-order valence-corrected chi connectivity index (χ1v) is 17.1. The van der Waals surface area contributed by atoms with Gasteiger partial charge < -0.3 is 9.32 Å². The summed E-state index contributed by atoms with van der Waals surface area (Å²) in [5, 5.41) is 5.44. The van der Waals surface area contributed by atoms with E-state index in [1.165, 1.54) is 4.90 Å². The number of nitrogens with zero attached hydrogens (tertiary/aromatic N) is 1. The van der Waals surface area contributed by atoms with Crippen molar-refractivity contribution < 1.29 is 15.4 Å². The van der Waals surface area contributed by atoms with Gasteiger partial charge in [-0.05, 0) is 97.8 Å². The summed E-state index contributed by atoms with van der Waals surface area (Å²) < 4.78 is 81.8. The highest BCUT2D eigenvalue weighted by molar-refractivity contribution is 6.09. The molecule has 1 heterocycles. The molecule has 0 radical (unpaired) electrons. The smallest absolute Gasteiger partial charge is 0.143 e. The fraction of sp³-hybridized carbons (Fsp3) is 0. The summed E-state index contributed by atoms with van der Waals surface area (Å²) in [6.07, 6.45) is 0. The van der Waals surface area contributed by atoms with E-state index in [0.29, 0.717) is 22.4 Å². The Morgan fingerprint density at radius 3 is 1.73 bits per heavy atom. The predicted molar refractivity (Wildman–Crippen MR) is 220 cm³/mol. The summed E-state index contributed by atoms with van der Waals surface area (Å²) in [5.74, 6) is 0. The number of furan rings is 1. The van der Waals surface area contributed by atoms with Gasteiger partial charge in [-0.2, -0.15) is 0 Å². The van der Waals surface area contributed by atoms with E-state index in [4.69, 9.17) is 4.42 Å². The Morgan fingerprint density at radius 1 is 0.365 bits per heavy atom. The number of hydrogen-bond donors (Lipinski definition) is 0. The largest absolute Gasteiger partial charge is 0.455 e. The number of hydrogen-bond acceptors (Lipinski definition) is 2. The average molecular weight is 672 g/mol. The van der Waals surface area contributed by atoms with E-state index in [-0.39, 0.29) is 46.7 Å². The lowest BCUT2D eigenvalue weighted by Gasteiger charge is -2.26. The minimum absolute atomic E-state index is 0.111. The monoisotopic (exact) mass is 671 g/mol. The summed E-state index contributed by atoms with van der Waals surface area (Å²) in [6.45, 7) is 0. The fourth-order valence-corrected chi connectivity index (χ4v) is 7.04. The SMILES string of the molecule is [2H]c1c([2H])c(N(c2ccc(-c3cccc4c3oc3ccccc34)cc2)c2c([2H])c([2H])c(-c3cccc4ccccc34)c([2H])c2[2H])c([2H])c([2H])c1-c1ccc2ccccc2c1. The van der Waals surface area contributed by atoms with Crippen molar-refractivity contribution in [1.29, 1.82) is 0 Å². The molecule has 0 aliphatic rings. The van der Waals surface area contributed by atoms with E-state index in [2.05, 4.69) is 0 Å². The lowest BCUT2D eigenvalue weighted by atomic mass is 9.98. The van der Waals surface area contributed by atoms with Crippen LogP contribution in [0.25, 0.3) is 76.9 Å². The number of benzene rings is 9. The molecular weight excluding hydrogens is 631 g/mol. The molecule has 52 heavy (non-hydrogen) atoms. The molecular formula is C50H33NO. The van der Waals surface area contributed by atoms with E-state index >= 15 is 0 Å². The third kappa shape index (κ3) is 5.21. The molecule has 10 aromatic rings. The minimum Gasteiger partial charge on any atom is -0.455 e. The van der Waals surface area contributed by atoms with Crippen molar-refractivity contribution in [2.45, 2.75) is 0 Å². The van der Waals surface area contributed by atoms with Crippen LogP contribution >= 0.6 is 0 Å². The predicted octanol–water partition coefficient (Wildman–Crippen LogP) is 14.4. The molecule has 0 saturated carbocycles. The van der Waals surface area contributed by atoms with Gasteiger partial charge in [-0.15, -0.1) is 0 Å². The van der Waals surface area contributed by atoms with Gasteiger partial charge in [-0.1, -0.05) is 152 Å². The van der Waals surface area contributed by atoms with Gasteiger partial charge in [-0.25, -0.2) is 0 Å². The second kappa shape index (κ2) is 12.5. The maximum atomic E-state index is 9.52. The highest BCUT2D eigenvalue weighted by atomic mass is 16.3. The molecule has 2 nitrogen and oxygen atoms in total. The van der Waals surface area contributed by atoms with Gasteiger partial charge in [-0.3, -0.25) is 0 Å². The number of anilines is 3. The summed E-state index contributed by atoms with van der Waals surface area (Å²) in [7, 11) is 0. The third-order valence-corrected chi connectivity index (χ3v) is 9.61. The molecule has 244 valence electrons. The zero-order chi connectivity index (χ0) is 41.4. The Balaban J connectivity index is 1.20. The van der Waals surface area contributed by atoms with Gasteiger partial charge in [0.05, 0.1) is 11.0 Å². The van der Waals surface area contributed by atoms with Gasteiger partial charge in [0.15, 0.2) is 0 Å². The number of rotatable bonds is 6. The summed E-state index contributed by atoms with van der Waals surface area (Å²) in [5.41, 5.74) is 4.26. The van der Waals surface area contributed by atoms with Gasteiger partial charge in [0.2, 0.25) is 0 Å². The van der Waals surface area contributed by atoms with Crippen LogP contribution in [-0.4, -0.2) is 0 Å². The standard InChI is InChI=1S/C50H33NO/c1-2-11-39-33-40(20-19-34(39)9-1)35-21-27-41(28-22-35)51(42-29-23-37(24-30-42)45-15-7-12-36-10-3-4-13-44(36)45)43-31-25-38(26-32-43)46-16-8-17-48-47-14-5-6-18-49(47)52-50(46)48/h1-33H/i21D,22D,23D,24D,27D,28D,29D,30D. The Labute approximate surface area is 313 Å². The van der Waals surface area contributed by atoms with Crippen molar-refractivity contribution in [1.82, 2.24) is 0 Å². The average Bonchev–Trinajstić information content (AvgIpc) is 3.67. The van der Waals surface area contributed by atoms with Crippen LogP contribution in [0, 0.1) is 0 Å². The van der Waals surface area contributed by atoms with Crippen molar-refractivity contribution in [3.63, 3.8) is 0 Å². The Kier molecular flexibility index (Phi) is 5.45. The van der Waals surface area contributed by atoms with Crippen molar-refractivity contribution in [3.05, 3.63) is 200 Å². The lowest BCUT2D eigenvalue weighted by molar-refractivity contribution is 0.670. The van der Waals surface area contributed by atoms with Crippen molar-refractivity contribution in [2.24, 2.45) is 0 Å². The van der Waals surface area contributed by atoms with Crippen LogP contribution in [0.5, 0.6) is 0 Å². The molecule has 1 aromatic heterocycles. The number of fused-ring (bicyclic) bond motifs is 5. The molecule has 0 aliphatic carbocycles. The summed E-state index contributed by atoms with van der Waals surface area (Å²) >= 11 is 0. The van der Waals surface area contributed by atoms with E-state index in [1.54, 1.807) is 24.3 Å². The number of para-hydroxylation sites is 2. The molecule has 2 heteroatoms. The molecule has 0 amide bonds. The van der Waals surface area contributed by atoms with Crippen LogP contribution in [0.2, 0.25) is 0 Å². The molecule has 0 bridgehead atoms. The van der Waals surface area contributed by atoms with Crippen molar-refractivity contribution in [2.75, 3.05) is 4.90 Å². The first-order chi connectivity index (χ1) is 29.1. The van der Waals surface area contributed by atoms with E-state index in [9.17, 15) is 11.0 Å². The normalized spacial score (nSPS) is 13.6. The van der Waals surface area contributed by atoms with Crippen LogP contribution in [0.1, 0.15) is 11.0 Å². The zero-order valence-corrected chi connectivity index (χ0v) is 27.8. The first-order valence-electron chi connectivity index (χ1n) is 21.1. The quantitative estimate of drug-likeness (QED) is 0.175. The van der Waals surface area contributed by atoms with Crippen LogP contribution in [0.3, 0.4) is 0 Å². The van der Waals surface area contributed by atoms with E-state index in [1.807, 2.05) is 127 Å². The lowest BCUT2D eigenvalue weighted by Crippen LogP contribution is -2.09.